The monoisotopic (exact) mass is 416 g/mol. The zero-order chi connectivity index (χ0) is 20.6. The number of ether oxygens (including phenoxy) is 1. The molecular weight excluding hydrogens is 396 g/mol. The molecule has 2 unspecified atom stereocenters. The average molecular weight is 416 g/mol. The molecule has 1 fully saturated rings. The van der Waals surface area contributed by atoms with Crippen molar-refractivity contribution in [1.82, 2.24) is 20.9 Å². The summed E-state index contributed by atoms with van der Waals surface area (Å²) in [5, 5.41) is 9.52. The van der Waals surface area contributed by atoms with Crippen molar-refractivity contribution in [3.63, 3.8) is 0 Å². The summed E-state index contributed by atoms with van der Waals surface area (Å²) in [5.41, 5.74) is 0.799. The topological polar surface area (TPSA) is 126 Å². The van der Waals surface area contributed by atoms with Crippen molar-refractivity contribution >= 4 is 35.0 Å². The molecule has 29 heavy (non-hydrogen) atoms. The van der Waals surface area contributed by atoms with Gasteiger partial charge in [0.25, 0.3) is 5.91 Å². The molecule has 2 atom stereocenters. The molecule has 3 N–H and O–H groups in total. The highest BCUT2D eigenvalue weighted by molar-refractivity contribution is 7.09. The van der Waals surface area contributed by atoms with Gasteiger partial charge in [-0.05, 0) is 18.4 Å². The van der Waals surface area contributed by atoms with Crippen molar-refractivity contribution < 1.29 is 23.9 Å². The molecule has 9 nitrogen and oxygen atoms in total. The number of nitrogens with one attached hydrogen (secondary N) is 3. The molecule has 3 rings (SSSR count). The van der Waals surface area contributed by atoms with Crippen LogP contribution in [0.5, 0.6) is 0 Å². The van der Waals surface area contributed by atoms with Gasteiger partial charge in [0.2, 0.25) is 11.7 Å². The summed E-state index contributed by atoms with van der Waals surface area (Å²) < 4.78 is 5.17. The summed E-state index contributed by atoms with van der Waals surface area (Å²) in [6, 6.07) is 7.01. The lowest BCUT2D eigenvalue weighted by atomic mass is 10.1. The number of thiazole rings is 1. The van der Waals surface area contributed by atoms with Gasteiger partial charge in [-0.15, -0.1) is 11.3 Å². The van der Waals surface area contributed by atoms with Crippen LogP contribution in [0.4, 0.5) is 4.79 Å². The minimum Gasteiger partial charge on any atom is -0.445 e. The average Bonchev–Trinajstić information content (AvgIpc) is 3.22. The third-order valence-electron chi connectivity index (χ3n) is 4.25. The molecule has 10 heteroatoms. The molecule has 1 aromatic heterocycles. The van der Waals surface area contributed by atoms with Gasteiger partial charge >= 0.3 is 6.09 Å². The van der Waals surface area contributed by atoms with E-state index in [1.54, 1.807) is 17.5 Å². The highest BCUT2D eigenvalue weighted by Crippen LogP contribution is 2.17. The second-order valence-corrected chi connectivity index (χ2v) is 7.26. The van der Waals surface area contributed by atoms with Crippen LogP contribution in [0.25, 0.3) is 0 Å². The molecule has 0 bridgehead atoms. The van der Waals surface area contributed by atoms with Crippen molar-refractivity contribution in [3.8, 4) is 0 Å². The van der Waals surface area contributed by atoms with E-state index in [0.29, 0.717) is 24.4 Å². The molecule has 3 amide bonds. The molecular formula is C19H20N4O5S. The molecule has 0 aliphatic carbocycles. The van der Waals surface area contributed by atoms with Crippen molar-refractivity contribution in [1.29, 1.82) is 0 Å². The Morgan fingerprint density at radius 1 is 1.28 bits per heavy atom. The molecule has 0 saturated carbocycles. The molecule has 152 valence electrons. The number of aromatic nitrogens is 1. The number of nitrogens with zero attached hydrogens (tertiary/aromatic N) is 1. The van der Waals surface area contributed by atoms with E-state index in [9.17, 15) is 19.2 Å². The highest BCUT2D eigenvalue weighted by atomic mass is 32.1. The van der Waals surface area contributed by atoms with E-state index in [-0.39, 0.29) is 6.61 Å². The Morgan fingerprint density at radius 2 is 2.07 bits per heavy atom. The van der Waals surface area contributed by atoms with Crippen LogP contribution in [-0.4, -0.2) is 41.3 Å². The Bertz CT molecular complexity index is 872. The fourth-order valence-electron chi connectivity index (χ4n) is 2.78. The molecule has 2 aromatic rings. The molecule has 1 saturated heterocycles. The minimum absolute atomic E-state index is 0.0418. The van der Waals surface area contributed by atoms with E-state index in [1.165, 1.54) is 17.5 Å². The standard InChI is InChI=1S/C19H20N4O5S/c24-15-13(7-4-8-20-17(15)26)22-16(25)14(18-21-9-10-29-18)23-19(27)28-11-12-5-2-1-3-6-12/h1-3,5-6,9-10,13-14H,4,7-8,11H2,(H,20,26)(H,22,25)(H,23,27). The van der Waals surface area contributed by atoms with Gasteiger partial charge < -0.3 is 20.7 Å². The van der Waals surface area contributed by atoms with E-state index >= 15 is 0 Å². The van der Waals surface area contributed by atoms with Crippen LogP contribution in [0.1, 0.15) is 29.5 Å². The number of carbonyl (C=O) groups is 4. The van der Waals surface area contributed by atoms with Gasteiger partial charge in [-0.1, -0.05) is 30.3 Å². The van der Waals surface area contributed by atoms with Gasteiger partial charge in [0.05, 0.1) is 6.04 Å². The van der Waals surface area contributed by atoms with Crippen molar-refractivity contribution in [3.05, 3.63) is 52.5 Å². The lowest BCUT2D eigenvalue weighted by Crippen LogP contribution is -2.49. The maximum absolute atomic E-state index is 12.8. The first kappa shape index (κ1) is 20.5. The lowest BCUT2D eigenvalue weighted by molar-refractivity contribution is -0.139. The molecule has 0 radical (unpaired) electrons. The van der Waals surface area contributed by atoms with Crippen molar-refractivity contribution in [2.75, 3.05) is 6.54 Å². The van der Waals surface area contributed by atoms with Crippen LogP contribution in [0.3, 0.4) is 0 Å². The number of rotatable bonds is 6. The Labute approximate surface area is 170 Å². The number of alkyl carbamates (subject to hydrolysis) is 1. The number of ketones is 1. The Kier molecular flexibility index (Phi) is 6.90. The molecule has 1 aliphatic rings. The molecule has 0 spiro atoms. The molecule has 1 aliphatic heterocycles. The summed E-state index contributed by atoms with van der Waals surface area (Å²) in [4.78, 5) is 52.9. The smallest absolute Gasteiger partial charge is 0.408 e. The fraction of sp³-hybridized carbons (Fsp3) is 0.316. The summed E-state index contributed by atoms with van der Waals surface area (Å²) in [6.45, 7) is 0.414. The fourth-order valence-corrected chi connectivity index (χ4v) is 3.46. The predicted octanol–water partition coefficient (Wildman–Crippen LogP) is 1.07. The predicted molar refractivity (Wildman–Crippen MR) is 104 cm³/mol. The van der Waals surface area contributed by atoms with E-state index in [2.05, 4.69) is 20.9 Å². The Balaban J connectivity index is 1.65. The van der Waals surface area contributed by atoms with Crippen LogP contribution in [-0.2, 0) is 25.7 Å². The third-order valence-corrected chi connectivity index (χ3v) is 5.09. The summed E-state index contributed by atoms with van der Waals surface area (Å²) in [6.07, 6.45) is 1.58. The number of Topliss-reactive ketones (excluding diaryl/α,β-unsaturated/α-hetero) is 1. The maximum Gasteiger partial charge on any atom is 0.408 e. The first-order valence-corrected chi connectivity index (χ1v) is 9.91. The van der Waals surface area contributed by atoms with Gasteiger partial charge in [-0.25, -0.2) is 9.78 Å². The maximum atomic E-state index is 12.8. The lowest BCUT2D eigenvalue weighted by Gasteiger charge is -2.20. The summed E-state index contributed by atoms with van der Waals surface area (Å²) in [7, 11) is 0. The Morgan fingerprint density at radius 3 is 2.79 bits per heavy atom. The first-order valence-electron chi connectivity index (χ1n) is 9.03. The number of benzene rings is 1. The van der Waals surface area contributed by atoms with E-state index < -0.39 is 35.8 Å². The molecule has 1 aromatic carbocycles. The van der Waals surface area contributed by atoms with Crippen LogP contribution in [0, 0.1) is 0 Å². The van der Waals surface area contributed by atoms with Crippen molar-refractivity contribution in [2.24, 2.45) is 0 Å². The van der Waals surface area contributed by atoms with Crippen LogP contribution in [0.2, 0.25) is 0 Å². The van der Waals surface area contributed by atoms with Gasteiger partial charge in [-0.2, -0.15) is 0 Å². The second-order valence-electron chi connectivity index (χ2n) is 6.33. The van der Waals surface area contributed by atoms with E-state index in [0.717, 1.165) is 5.56 Å². The zero-order valence-electron chi connectivity index (χ0n) is 15.4. The largest absolute Gasteiger partial charge is 0.445 e. The quantitative estimate of drug-likeness (QED) is 0.605. The second kappa shape index (κ2) is 9.78. The normalized spacial score (nSPS) is 17.6. The summed E-state index contributed by atoms with van der Waals surface area (Å²) in [5.74, 6) is -2.07. The van der Waals surface area contributed by atoms with Crippen LogP contribution in [0.15, 0.2) is 41.9 Å². The summed E-state index contributed by atoms with van der Waals surface area (Å²) >= 11 is 1.18. The third kappa shape index (κ3) is 5.61. The number of amides is 3. The number of hydrogen-bond donors (Lipinski definition) is 3. The van der Waals surface area contributed by atoms with E-state index in [1.807, 2.05) is 18.2 Å². The SMILES string of the molecule is O=C(NC(C(=O)NC1CCCNC(=O)C1=O)c1nccs1)OCc1ccccc1. The first-order chi connectivity index (χ1) is 14.0. The number of hydrogen-bond acceptors (Lipinski definition) is 7. The molecule has 2 heterocycles. The van der Waals surface area contributed by atoms with Gasteiger partial charge in [0.1, 0.15) is 11.6 Å². The van der Waals surface area contributed by atoms with Crippen LogP contribution < -0.4 is 16.0 Å². The van der Waals surface area contributed by atoms with E-state index in [4.69, 9.17) is 4.74 Å². The van der Waals surface area contributed by atoms with Crippen LogP contribution >= 0.6 is 11.3 Å². The van der Waals surface area contributed by atoms with Gasteiger partial charge in [0, 0.05) is 18.1 Å². The van der Waals surface area contributed by atoms with Crippen molar-refractivity contribution in [2.45, 2.75) is 31.5 Å². The van der Waals surface area contributed by atoms with Gasteiger partial charge in [0.15, 0.2) is 6.04 Å². The highest BCUT2D eigenvalue weighted by Gasteiger charge is 2.33. The van der Waals surface area contributed by atoms with Gasteiger partial charge in [-0.3, -0.25) is 14.4 Å². The number of carbonyl (C=O) groups excluding carboxylic acids is 4. The minimum atomic E-state index is -1.14. The zero-order valence-corrected chi connectivity index (χ0v) is 16.2. The Hall–Kier alpha value is -3.27.